The number of rotatable bonds is 14. The van der Waals surface area contributed by atoms with Crippen LogP contribution in [0.1, 0.15) is 65.0 Å². The highest BCUT2D eigenvalue weighted by atomic mass is 19.4. The molecular formula is C34H44F3N5O4. The second-order valence-electron chi connectivity index (χ2n) is 12.2. The Morgan fingerprint density at radius 3 is 2.20 bits per heavy atom. The minimum absolute atomic E-state index is 0.169. The lowest BCUT2D eigenvalue weighted by atomic mass is 10.0. The van der Waals surface area contributed by atoms with Gasteiger partial charge in [0.1, 0.15) is 11.6 Å². The Morgan fingerprint density at radius 1 is 0.935 bits per heavy atom. The number of fused-ring (bicyclic) bond motifs is 1. The average Bonchev–Trinajstić information content (AvgIpc) is 2.98. The van der Waals surface area contributed by atoms with Gasteiger partial charge in [-0.15, -0.1) is 0 Å². The maximum Gasteiger partial charge on any atom is 0.416 e. The highest BCUT2D eigenvalue weighted by Gasteiger charge is 2.31. The number of para-hydroxylation sites is 1. The molecule has 1 heterocycles. The maximum atomic E-state index is 13.7. The number of ether oxygens (including phenoxy) is 1. The zero-order valence-electron chi connectivity index (χ0n) is 27.0. The van der Waals surface area contributed by atoms with E-state index in [0.717, 1.165) is 35.9 Å². The number of carbonyl (C=O) groups excluding carboxylic acids is 3. The second kappa shape index (κ2) is 16.3. The molecule has 0 aliphatic rings. The molecule has 3 amide bonds. The maximum absolute atomic E-state index is 13.7. The van der Waals surface area contributed by atoms with E-state index in [1.165, 1.54) is 12.1 Å². The molecule has 0 fully saturated rings. The van der Waals surface area contributed by atoms with Crippen LogP contribution in [0, 0.1) is 0 Å². The molecule has 0 saturated carbocycles. The van der Waals surface area contributed by atoms with Crippen LogP contribution in [0.25, 0.3) is 10.9 Å². The van der Waals surface area contributed by atoms with Gasteiger partial charge in [0, 0.05) is 25.0 Å². The first-order chi connectivity index (χ1) is 21.7. The molecular weight excluding hydrogens is 599 g/mol. The van der Waals surface area contributed by atoms with Crippen molar-refractivity contribution in [2.45, 2.75) is 84.2 Å². The summed E-state index contributed by atoms with van der Waals surface area (Å²) in [5.41, 5.74) is 0.430. The molecule has 0 spiro atoms. The molecule has 0 aliphatic carbocycles. The van der Waals surface area contributed by atoms with Crippen LogP contribution in [0.2, 0.25) is 0 Å². The van der Waals surface area contributed by atoms with Gasteiger partial charge in [-0.25, -0.2) is 4.79 Å². The van der Waals surface area contributed by atoms with Crippen molar-refractivity contribution < 1.29 is 32.3 Å². The molecule has 3 rings (SSSR count). The van der Waals surface area contributed by atoms with Crippen molar-refractivity contribution in [3.05, 3.63) is 71.9 Å². The second-order valence-corrected chi connectivity index (χ2v) is 12.2. The molecule has 9 nitrogen and oxygen atoms in total. The minimum Gasteiger partial charge on any atom is -0.444 e. The van der Waals surface area contributed by atoms with Gasteiger partial charge >= 0.3 is 12.3 Å². The van der Waals surface area contributed by atoms with Crippen LogP contribution in [-0.4, -0.2) is 65.1 Å². The van der Waals surface area contributed by atoms with Crippen molar-refractivity contribution in [1.82, 2.24) is 20.5 Å². The predicted octanol–water partition coefficient (Wildman–Crippen LogP) is 6.33. The van der Waals surface area contributed by atoms with Crippen LogP contribution in [0.4, 0.5) is 23.7 Å². The number of alkyl carbamates (subject to hydrolysis) is 1. The van der Waals surface area contributed by atoms with Gasteiger partial charge in [-0.1, -0.05) is 44.2 Å². The Morgan fingerprint density at radius 2 is 1.59 bits per heavy atom. The normalized spacial score (nSPS) is 13.0. The number of aromatic nitrogens is 1. The van der Waals surface area contributed by atoms with Crippen molar-refractivity contribution in [3.8, 4) is 0 Å². The molecule has 2 atom stereocenters. The van der Waals surface area contributed by atoms with Crippen LogP contribution in [-0.2, 0) is 26.9 Å². The number of hydrogen-bond donors (Lipinski definition) is 3. The Labute approximate surface area is 268 Å². The summed E-state index contributed by atoms with van der Waals surface area (Å²) in [6.07, 6.45) is -2.34. The van der Waals surface area contributed by atoms with E-state index in [2.05, 4.69) is 20.9 Å². The molecule has 0 bridgehead atoms. The summed E-state index contributed by atoms with van der Waals surface area (Å²) in [5.74, 6) is -0.915. The molecule has 250 valence electrons. The molecule has 3 N–H and O–H groups in total. The number of carbonyl (C=O) groups is 3. The first-order valence-corrected chi connectivity index (χ1v) is 15.5. The van der Waals surface area contributed by atoms with Crippen molar-refractivity contribution in [1.29, 1.82) is 0 Å². The largest absolute Gasteiger partial charge is 0.444 e. The Kier molecular flexibility index (Phi) is 12.8. The van der Waals surface area contributed by atoms with Crippen LogP contribution in [0.5, 0.6) is 0 Å². The van der Waals surface area contributed by atoms with Gasteiger partial charge in [0.15, 0.2) is 0 Å². The molecule has 0 radical (unpaired) electrons. The van der Waals surface area contributed by atoms with E-state index < -0.39 is 41.4 Å². The Hall–Kier alpha value is -4.35. The Bertz CT molecular complexity index is 1450. The third-order valence-corrected chi connectivity index (χ3v) is 6.98. The fraction of sp³-hybridized carbons (Fsp3) is 0.471. The lowest BCUT2D eigenvalue weighted by Gasteiger charge is -2.28. The van der Waals surface area contributed by atoms with E-state index in [1.54, 1.807) is 31.9 Å². The molecule has 3 aromatic rings. The SMILES string of the molecule is CCCN(CCC)C(=O)CC(NC(=O)OC(C)(C)C)C(=O)NC(CNc1cnc2ccccc2c1)Cc1ccc(C(F)(F)F)cc1. The smallest absolute Gasteiger partial charge is 0.416 e. The van der Waals surface area contributed by atoms with Crippen LogP contribution < -0.4 is 16.0 Å². The van der Waals surface area contributed by atoms with E-state index in [1.807, 2.05) is 44.2 Å². The monoisotopic (exact) mass is 643 g/mol. The summed E-state index contributed by atoms with van der Waals surface area (Å²) in [6.45, 7) is 10.1. The third-order valence-electron chi connectivity index (χ3n) is 6.98. The van der Waals surface area contributed by atoms with Crippen molar-refractivity contribution in [2.75, 3.05) is 25.0 Å². The topological polar surface area (TPSA) is 113 Å². The summed E-state index contributed by atoms with van der Waals surface area (Å²) in [4.78, 5) is 45.8. The highest BCUT2D eigenvalue weighted by Crippen LogP contribution is 2.29. The fourth-order valence-electron chi connectivity index (χ4n) is 4.86. The number of alkyl halides is 3. The molecule has 2 aromatic carbocycles. The molecule has 0 saturated heterocycles. The van der Waals surface area contributed by atoms with Gasteiger partial charge in [0.25, 0.3) is 0 Å². The standard InChI is InChI=1S/C34H44F3N5O4/c1-6-16-42(17-7-2)30(43)20-29(41-32(45)46-33(3,4)5)31(44)40-27(18-23-12-14-25(15-13-23)34(35,36)37)22-38-26-19-24-10-8-9-11-28(24)39-21-26/h8-15,19,21,27,29,38H,6-7,16-18,20,22H2,1-5H3,(H,40,44)(H,41,45). The number of anilines is 1. The number of halogens is 3. The van der Waals surface area contributed by atoms with E-state index >= 15 is 0 Å². The third kappa shape index (κ3) is 11.5. The van der Waals surface area contributed by atoms with Crippen LogP contribution in [0.3, 0.4) is 0 Å². The number of hydrogen-bond acceptors (Lipinski definition) is 6. The summed E-state index contributed by atoms with van der Waals surface area (Å²) >= 11 is 0. The van der Waals surface area contributed by atoms with Crippen LogP contribution >= 0.6 is 0 Å². The number of nitrogens with one attached hydrogen (secondary N) is 3. The van der Waals surface area contributed by atoms with Crippen LogP contribution in [0.15, 0.2) is 60.8 Å². The predicted molar refractivity (Wildman–Crippen MR) is 172 cm³/mol. The first-order valence-electron chi connectivity index (χ1n) is 15.5. The molecule has 46 heavy (non-hydrogen) atoms. The molecule has 12 heteroatoms. The lowest BCUT2D eigenvalue weighted by Crippen LogP contribution is -2.54. The average molecular weight is 644 g/mol. The van der Waals surface area contributed by atoms with E-state index in [-0.39, 0.29) is 25.3 Å². The quantitative estimate of drug-likeness (QED) is 0.190. The molecule has 1 aromatic heterocycles. The summed E-state index contributed by atoms with van der Waals surface area (Å²) in [6, 6.07) is 12.3. The number of benzene rings is 2. The lowest BCUT2D eigenvalue weighted by molar-refractivity contribution is -0.137. The van der Waals surface area contributed by atoms with Crippen molar-refractivity contribution >= 4 is 34.5 Å². The van der Waals surface area contributed by atoms with E-state index in [0.29, 0.717) is 24.3 Å². The number of amides is 3. The first kappa shape index (κ1) is 36.1. The molecule has 2 unspecified atom stereocenters. The zero-order valence-corrected chi connectivity index (χ0v) is 27.0. The Balaban J connectivity index is 1.85. The molecule has 0 aliphatic heterocycles. The van der Waals surface area contributed by atoms with Crippen molar-refractivity contribution in [2.24, 2.45) is 0 Å². The highest BCUT2D eigenvalue weighted by molar-refractivity contribution is 5.91. The van der Waals surface area contributed by atoms with Gasteiger partial charge in [0.2, 0.25) is 11.8 Å². The number of nitrogens with zero attached hydrogens (tertiary/aromatic N) is 2. The van der Waals surface area contributed by atoms with Crippen molar-refractivity contribution in [3.63, 3.8) is 0 Å². The van der Waals surface area contributed by atoms with E-state index in [4.69, 9.17) is 4.74 Å². The fourth-order valence-corrected chi connectivity index (χ4v) is 4.86. The van der Waals surface area contributed by atoms with E-state index in [9.17, 15) is 27.6 Å². The van der Waals surface area contributed by atoms with Gasteiger partial charge in [-0.2, -0.15) is 13.2 Å². The van der Waals surface area contributed by atoms with Gasteiger partial charge in [-0.3, -0.25) is 14.6 Å². The minimum atomic E-state index is -4.48. The summed E-state index contributed by atoms with van der Waals surface area (Å²) in [5, 5.41) is 9.62. The summed E-state index contributed by atoms with van der Waals surface area (Å²) < 4.78 is 44.9. The summed E-state index contributed by atoms with van der Waals surface area (Å²) in [7, 11) is 0. The van der Waals surface area contributed by atoms with Gasteiger partial charge in [-0.05, 0) is 69.9 Å². The van der Waals surface area contributed by atoms with Gasteiger partial charge in [0.05, 0.1) is 35.4 Å². The zero-order chi connectivity index (χ0) is 33.9. The van der Waals surface area contributed by atoms with Gasteiger partial charge < -0.3 is 25.6 Å². The number of pyridine rings is 1.